The first kappa shape index (κ1) is 25.1. The van der Waals surface area contributed by atoms with Gasteiger partial charge in [-0.15, -0.1) is 0 Å². The maximum atomic E-state index is 7.18. The van der Waals surface area contributed by atoms with Gasteiger partial charge in [0.15, 0.2) is 0 Å². The van der Waals surface area contributed by atoms with Gasteiger partial charge in [0.2, 0.25) is 0 Å². The van der Waals surface area contributed by atoms with E-state index in [0.29, 0.717) is 5.92 Å². The fraction of sp³-hybridized carbons (Fsp3) is 0.818. The zero-order valence-electron chi connectivity index (χ0n) is 17.4. The van der Waals surface area contributed by atoms with Crippen molar-refractivity contribution in [2.75, 3.05) is 0 Å². The summed E-state index contributed by atoms with van der Waals surface area (Å²) in [5.74, 6) is 1.84. The molecule has 0 saturated carbocycles. The van der Waals surface area contributed by atoms with E-state index in [4.69, 9.17) is 5.26 Å². The number of hydrogen-bond acceptors (Lipinski definition) is 3. The van der Waals surface area contributed by atoms with Crippen molar-refractivity contribution in [2.24, 2.45) is 7.05 Å². The van der Waals surface area contributed by atoms with Crippen molar-refractivity contribution >= 4 is 12.6 Å². The molecule has 1 aromatic heterocycles. The van der Waals surface area contributed by atoms with Gasteiger partial charge in [-0.1, -0.05) is 110 Å². The molecular weight excluding hydrogens is 338 g/mol. The third-order valence-electron chi connectivity index (χ3n) is 5.04. The minimum atomic E-state index is 0.600. The van der Waals surface area contributed by atoms with Crippen molar-refractivity contribution in [3.05, 3.63) is 18.2 Å². The smallest absolute Gasteiger partial charge is 0.130 e. The Morgan fingerprint density at radius 1 is 0.962 bits per heavy atom. The summed E-state index contributed by atoms with van der Waals surface area (Å²) in [7, 11) is 2.10. The van der Waals surface area contributed by atoms with Gasteiger partial charge >= 0.3 is 0 Å². The molecule has 0 N–H and O–H groups in total. The maximum absolute atomic E-state index is 7.18. The second kappa shape index (κ2) is 18.8. The average molecular weight is 380 g/mol. The van der Waals surface area contributed by atoms with E-state index in [1.165, 1.54) is 101 Å². The van der Waals surface area contributed by atoms with Gasteiger partial charge in [0.1, 0.15) is 11.2 Å². The minimum Gasteiger partial charge on any atom is -0.338 e. The van der Waals surface area contributed by atoms with E-state index in [9.17, 15) is 0 Å². The first-order valence-electron chi connectivity index (χ1n) is 10.7. The molecule has 0 aromatic carbocycles. The van der Waals surface area contributed by atoms with Crippen molar-refractivity contribution < 1.29 is 0 Å². The van der Waals surface area contributed by atoms with Gasteiger partial charge in [0, 0.05) is 25.4 Å². The summed E-state index contributed by atoms with van der Waals surface area (Å²) in [5.41, 5.74) is 0. The highest BCUT2D eigenvalue weighted by Crippen LogP contribution is 2.20. The second-order valence-electron chi connectivity index (χ2n) is 7.43. The van der Waals surface area contributed by atoms with Crippen LogP contribution in [0.4, 0.5) is 0 Å². The zero-order chi connectivity index (χ0) is 19.5. The summed E-state index contributed by atoms with van der Waals surface area (Å²) in [6.45, 7) is 4.60. The molecule has 1 heterocycles. The molecule has 0 spiro atoms. The quantitative estimate of drug-likeness (QED) is 0.196. The topological polar surface area (TPSA) is 41.6 Å². The molecule has 0 aliphatic rings. The molecule has 1 rings (SSSR count). The summed E-state index contributed by atoms with van der Waals surface area (Å²) in [6.07, 6.45) is 23.8. The molecule has 4 heteroatoms. The van der Waals surface area contributed by atoms with E-state index in [-0.39, 0.29) is 0 Å². The number of aryl methyl sites for hydroxylation is 1. The molecule has 0 bridgehead atoms. The van der Waals surface area contributed by atoms with Crippen molar-refractivity contribution in [2.45, 2.75) is 110 Å². The van der Waals surface area contributed by atoms with Crippen LogP contribution in [0.15, 0.2) is 12.4 Å². The Balaban J connectivity index is 0.00000194. The number of thiocyanates is 1. The molecule has 0 radical (unpaired) electrons. The Kier molecular flexibility index (Phi) is 18.1. The van der Waals surface area contributed by atoms with E-state index in [2.05, 4.69) is 49.3 Å². The van der Waals surface area contributed by atoms with Crippen LogP contribution in [0, 0.1) is 10.7 Å². The van der Waals surface area contributed by atoms with Crippen molar-refractivity contribution in [1.29, 1.82) is 5.26 Å². The van der Waals surface area contributed by atoms with Gasteiger partial charge in [-0.3, -0.25) is 0 Å². The predicted octanol–water partition coefficient (Wildman–Crippen LogP) is 7.40. The van der Waals surface area contributed by atoms with Gasteiger partial charge in [-0.2, -0.15) is 5.26 Å². The molecule has 3 nitrogen and oxygen atoms in total. The van der Waals surface area contributed by atoms with E-state index < -0.39 is 0 Å². The monoisotopic (exact) mass is 379 g/mol. The lowest BCUT2D eigenvalue weighted by Crippen LogP contribution is -2.02. The normalized spacial score (nSPS) is 11.5. The number of imidazole rings is 1. The number of hydrogen-bond donors (Lipinski definition) is 1. The second-order valence-corrected chi connectivity index (χ2v) is 7.63. The fourth-order valence-electron chi connectivity index (χ4n) is 3.45. The molecule has 0 fully saturated rings. The summed E-state index contributed by atoms with van der Waals surface area (Å²) in [5, 5.41) is 8.63. The van der Waals surface area contributed by atoms with Crippen LogP contribution in [0.5, 0.6) is 0 Å². The first-order chi connectivity index (χ1) is 12.7. The van der Waals surface area contributed by atoms with Crippen LogP contribution in [-0.2, 0) is 7.05 Å². The number of nitrogens with zero attached hydrogens (tertiary/aromatic N) is 3. The standard InChI is InChI=1S/C21H40N2.CHNS/c1-4-5-6-7-8-9-10-11-12-13-14-15-16-17-20(2)21-22-18-19-23(21)3;2-1-3/h18-20H,4-17H2,1-3H3;3H. The van der Waals surface area contributed by atoms with Crippen molar-refractivity contribution in [1.82, 2.24) is 9.55 Å². The van der Waals surface area contributed by atoms with Gasteiger partial charge in [0.25, 0.3) is 0 Å². The summed E-state index contributed by atoms with van der Waals surface area (Å²) >= 11 is 3.09. The first-order valence-corrected chi connectivity index (χ1v) is 11.1. The molecular formula is C22H41N3S. The van der Waals surface area contributed by atoms with Crippen LogP contribution in [0.3, 0.4) is 0 Å². The number of unbranched alkanes of at least 4 members (excludes halogenated alkanes) is 12. The van der Waals surface area contributed by atoms with Gasteiger partial charge in [0.05, 0.1) is 0 Å². The van der Waals surface area contributed by atoms with E-state index >= 15 is 0 Å². The molecule has 0 aliphatic heterocycles. The fourth-order valence-corrected chi connectivity index (χ4v) is 3.45. The van der Waals surface area contributed by atoms with E-state index in [0.717, 1.165) is 0 Å². The van der Waals surface area contributed by atoms with Crippen LogP contribution >= 0.6 is 12.6 Å². The summed E-state index contributed by atoms with van der Waals surface area (Å²) < 4.78 is 2.16. The Hall–Kier alpha value is -0.950. The van der Waals surface area contributed by atoms with Crippen molar-refractivity contribution in [3.8, 4) is 5.40 Å². The molecule has 1 atom stereocenters. The SMILES string of the molecule is CCCCCCCCCCCCCCCC(C)c1nccn1C.N#CS. The Morgan fingerprint density at radius 3 is 1.77 bits per heavy atom. The molecule has 0 saturated heterocycles. The number of aromatic nitrogens is 2. The molecule has 0 amide bonds. The highest BCUT2D eigenvalue weighted by Gasteiger charge is 2.09. The third-order valence-corrected chi connectivity index (χ3v) is 5.04. The average Bonchev–Trinajstić information content (AvgIpc) is 3.05. The highest BCUT2D eigenvalue weighted by atomic mass is 32.1. The van der Waals surface area contributed by atoms with E-state index in [1.807, 2.05) is 6.20 Å². The molecule has 0 aliphatic carbocycles. The van der Waals surface area contributed by atoms with Crippen LogP contribution in [0.1, 0.15) is 115 Å². The van der Waals surface area contributed by atoms with Gasteiger partial charge in [-0.05, 0) is 6.42 Å². The van der Waals surface area contributed by atoms with Gasteiger partial charge in [-0.25, -0.2) is 4.98 Å². The minimum absolute atomic E-state index is 0.600. The third kappa shape index (κ3) is 14.2. The van der Waals surface area contributed by atoms with E-state index in [1.54, 1.807) is 0 Å². The zero-order valence-corrected chi connectivity index (χ0v) is 18.3. The van der Waals surface area contributed by atoms with Crippen LogP contribution in [0.2, 0.25) is 0 Å². The van der Waals surface area contributed by atoms with Gasteiger partial charge < -0.3 is 4.57 Å². The lowest BCUT2D eigenvalue weighted by atomic mass is 10.0. The van der Waals surface area contributed by atoms with Crippen LogP contribution in [0.25, 0.3) is 0 Å². The molecule has 1 aromatic rings. The Bertz CT molecular complexity index is 450. The number of thiol groups is 1. The molecule has 1 unspecified atom stereocenters. The highest BCUT2D eigenvalue weighted by molar-refractivity contribution is 7.85. The van der Waals surface area contributed by atoms with Crippen LogP contribution < -0.4 is 0 Å². The summed E-state index contributed by atoms with van der Waals surface area (Å²) in [4.78, 5) is 4.46. The lowest BCUT2D eigenvalue weighted by molar-refractivity contribution is 0.517. The summed E-state index contributed by atoms with van der Waals surface area (Å²) in [6, 6.07) is 0. The Labute approximate surface area is 168 Å². The molecule has 26 heavy (non-hydrogen) atoms. The molecule has 150 valence electrons. The van der Waals surface area contributed by atoms with Crippen LogP contribution in [-0.4, -0.2) is 9.55 Å². The number of rotatable bonds is 15. The lowest BCUT2D eigenvalue weighted by Gasteiger charge is -2.11. The predicted molar refractivity (Wildman–Crippen MR) is 117 cm³/mol. The number of nitriles is 1. The largest absolute Gasteiger partial charge is 0.338 e. The maximum Gasteiger partial charge on any atom is 0.130 e. The Morgan fingerprint density at radius 2 is 1.38 bits per heavy atom. The van der Waals surface area contributed by atoms with Crippen molar-refractivity contribution in [3.63, 3.8) is 0 Å².